The molecule has 0 fully saturated rings. The molecule has 0 aliphatic carbocycles. The third-order valence-electron chi connectivity index (χ3n) is 4.82. The number of aromatic nitrogens is 4. The number of ether oxygens (including phenoxy) is 1. The highest BCUT2D eigenvalue weighted by Gasteiger charge is 2.21. The average Bonchev–Trinajstić information content (AvgIpc) is 3.23. The van der Waals surface area contributed by atoms with Gasteiger partial charge < -0.3 is 15.2 Å². The Morgan fingerprint density at radius 2 is 1.93 bits per heavy atom. The predicted molar refractivity (Wildman–Crippen MR) is 109 cm³/mol. The summed E-state index contributed by atoms with van der Waals surface area (Å²) in [5.74, 6) is 0.272. The number of amides is 1. The number of nitrogens with zero attached hydrogens (tertiary/aromatic N) is 4. The highest BCUT2D eigenvalue weighted by atomic mass is 16.5. The molecule has 0 unspecified atom stereocenters. The normalized spacial score (nSPS) is 13.1. The Kier molecular flexibility index (Phi) is 6.36. The van der Waals surface area contributed by atoms with Crippen LogP contribution in [0.4, 0.5) is 0 Å². The monoisotopic (exact) mass is 395 g/mol. The minimum atomic E-state index is -0.358. The van der Waals surface area contributed by atoms with Crippen LogP contribution in [0.2, 0.25) is 0 Å². The second-order valence-corrected chi connectivity index (χ2v) is 6.92. The highest BCUT2D eigenvalue weighted by Crippen LogP contribution is 2.29. The zero-order chi connectivity index (χ0) is 21.0. The zero-order valence-electron chi connectivity index (χ0n) is 17.0. The van der Waals surface area contributed by atoms with Crippen LogP contribution < -0.4 is 5.32 Å². The summed E-state index contributed by atoms with van der Waals surface area (Å²) in [4.78, 5) is 12.9. The van der Waals surface area contributed by atoms with Gasteiger partial charge in [-0.05, 0) is 60.0 Å². The van der Waals surface area contributed by atoms with Crippen molar-refractivity contribution < 1.29 is 14.6 Å². The summed E-state index contributed by atoms with van der Waals surface area (Å²) in [6.07, 6.45) is -0.323. The fourth-order valence-electron chi connectivity index (χ4n) is 3.02. The molecule has 3 rings (SSSR count). The quantitative estimate of drug-likeness (QED) is 0.637. The molecular weight excluding hydrogens is 370 g/mol. The van der Waals surface area contributed by atoms with E-state index in [9.17, 15) is 9.90 Å². The summed E-state index contributed by atoms with van der Waals surface area (Å²) < 4.78 is 6.99. The maximum atomic E-state index is 12.9. The molecular formula is C21H25N5O3. The molecule has 0 saturated carbocycles. The fourth-order valence-corrected chi connectivity index (χ4v) is 3.02. The van der Waals surface area contributed by atoms with E-state index in [1.54, 1.807) is 18.7 Å². The van der Waals surface area contributed by atoms with Gasteiger partial charge in [-0.1, -0.05) is 30.3 Å². The van der Waals surface area contributed by atoms with E-state index in [1.165, 1.54) is 0 Å². The van der Waals surface area contributed by atoms with E-state index < -0.39 is 0 Å². The largest absolute Gasteiger partial charge is 0.394 e. The smallest absolute Gasteiger partial charge is 0.251 e. The standard InChI is InChI=1S/C21H25N5O3/c1-13(12-27)22-21(28)18-10-17(16-8-6-5-7-9-16)11-19(14(18)2)26-20(15(3)29-4)23-24-25-26/h5-11,13,15,27H,12H2,1-4H3,(H,22,28)/t13-,15+/m0/s1. The van der Waals surface area contributed by atoms with Gasteiger partial charge in [0.15, 0.2) is 5.82 Å². The van der Waals surface area contributed by atoms with Crippen molar-refractivity contribution in [2.75, 3.05) is 13.7 Å². The number of tetrazole rings is 1. The predicted octanol–water partition coefficient (Wildman–Crippen LogP) is 2.46. The van der Waals surface area contributed by atoms with Crippen molar-refractivity contribution in [2.45, 2.75) is 32.9 Å². The van der Waals surface area contributed by atoms with Crippen LogP contribution in [0.15, 0.2) is 42.5 Å². The zero-order valence-corrected chi connectivity index (χ0v) is 17.0. The van der Waals surface area contributed by atoms with Gasteiger partial charge in [0, 0.05) is 18.7 Å². The lowest BCUT2D eigenvalue weighted by atomic mass is 9.97. The van der Waals surface area contributed by atoms with Gasteiger partial charge in [0.25, 0.3) is 5.91 Å². The average molecular weight is 395 g/mol. The number of rotatable bonds is 7. The van der Waals surface area contributed by atoms with Gasteiger partial charge in [-0.3, -0.25) is 4.79 Å². The minimum absolute atomic E-state index is 0.140. The second kappa shape index (κ2) is 8.93. The van der Waals surface area contributed by atoms with Crippen LogP contribution in [0, 0.1) is 6.92 Å². The van der Waals surface area contributed by atoms with Gasteiger partial charge in [0.2, 0.25) is 0 Å². The first-order chi connectivity index (χ1) is 14.0. The lowest BCUT2D eigenvalue weighted by molar-refractivity contribution is 0.0921. The van der Waals surface area contributed by atoms with Gasteiger partial charge in [0.05, 0.1) is 12.3 Å². The summed E-state index contributed by atoms with van der Waals surface area (Å²) in [6.45, 7) is 5.31. The molecule has 1 amide bonds. The van der Waals surface area contributed by atoms with Crippen LogP contribution in [0.3, 0.4) is 0 Å². The Hall–Kier alpha value is -3.10. The molecule has 152 valence electrons. The van der Waals surface area contributed by atoms with E-state index >= 15 is 0 Å². The SMILES string of the molecule is CO[C@H](C)c1nnnn1-c1cc(-c2ccccc2)cc(C(=O)N[C@@H](C)CO)c1C. The van der Waals surface area contributed by atoms with Gasteiger partial charge in [-0.2, -0.15) is 4.68 Å². The molecule has 2 atom stereocenters. The molecule has 29 heavy (non-hydrogen) atoms. The van der Waals surface area contributed by atoms with E-state index in [1.807, 2.05) is 56.3 Å². The Labute approximate surface area is 169 Å². The molecule has 0 saturated heterocycles. The van der Waals surface area contributed by atoms with E-state index in [2.05, 4.69) is 20.8 Å². The Balaban J connectivity index is 2.19. The number of hydrogen-bond acceptors (Lipinski definition) is 6. The first kappa shape index (κ1) is 20.6. The highest BCUT2D eigenvalue weighted by molar-refractivity contribution is 5.98. The third kappa shape index (κ3) is 4.33. The van der Waals surface area contributed by atoms with E-state index in [4.69, 9.17) is 4.74 Å². The molecule has 0 radical (unpaired) electrons. The summed E-state index contributed by atoms with van der Waals surface area (Å²) in [7, 11) is 1.59. The second-order valence-electron chi connectivity index (χ2n) is 6.92. The summed E-state index contributed by atoms with van der Waals surface area (Å²) in [5, 5.41) is 24.1. The molecule has 1 aromatic heterocycles. The van der Waals surface area contributed by atoms with Crippen LogP contribution in [0.25, 0.3) is 16.8 Å². The Bertz CT molecular complexity index is 987. The molecule has 2 N–H and O–H groups in total. The lowest BCUT2D eigenvalue weighted by Gasteiger charge is -2.18. The molecule has 2 aromatic carbocycles. The van der Waals surface area contributed by atoms with Crippen molar-refractivity contribution in [2.24, 2.45) is 0 Å². The van der Waals surface area contributed by atoms with Gasteiger partial charge in [-0.25, -0.2) is 0 Å². The maximum Gasteiger partial charge on any atom is 0.251 e. The van der Waals surface area contributed by atoms with E-state index in [-0.39, 0.29) is 24.7 Å². The van der Waals surface area contributed by atoms with Crippen molar-refractivity contribution in [3.8, 4) is 16.8 Å². The van der Waals surface area contributed by atoms with Gasteiger partial charge in [0.1, 0.15) is 6.10 Å². The number of methoxy groups -OCH3 is 1. The number of nitrogens with one attached hydrogen (secondary N) is 1. The number of hydrogen-bond donors (Lipinski definition) is 2. The molecule has 3 aromatic rings. The van der Waals surface area contributed by atoms with Crippen LogP contribution in [-0.2, 0) is 4.74 Å². The van der Waals surface area contributed by atoms with Crippen molar-refractivity contribution in [3.63, 3.8) is 0 Å². The first-order valence-electron chi connectivity index (χ1n) is 9.39. The van der Waals surface area contributed by atoms with Crippen LogP contribution in [0.5, 0.6) is 0 Å². The summed E-state index contributed by atoms with van der Waals surface area (Å²) in [5.41, 5.74) is 3.74. The lowest BCUT2D eigenvalue weighted by Crippen LogP contribution is -2.35. The minimum Gasteiger partial charge on any atom is -0.394 e. The third-order valence-corrected chi connectivity index (χ3v) is 4.82. The van der Waals surface area contributed by atoms with Gasteiger partial charge in [-0.15, -0.1) is 5.10 Å². The van der Waals surface area contributed by atoms with E-state index in [0.29, 0.717) is 17.1 Å². The summed E-state index contributed by atoms with van der Waals surface area (Å²) >= 11 is 0. The number of benzene rings is 2. The van der Waals surface area contributed by atoms with Crippen LogP contribution in [-0.4, -0.2) is 51.0 Å². The molecule has 0 aliphatic rings. The molecule has 0 bridgehead atoms. The van der Waals surface area contributed by atoms with Crippen molar-refractivity contribution in [3.05, 3.63) is 59.4 Å². The molecule has 0 aliphatic heterocycles. The Morgan fingerprint density at radius 1 is 1.21 bits per heavy atom. The fraction of sp³-hybridized carbons (Fsp3) is 0.333. The number of carbonyl (C=O) groups is 1. The topological polar surface area (TPSA) is 102 Å². The van der Waals surface area contributed by atoms with Crippen molar-refractivity contribution in [1.29, 1.82) is 0 Å². The van der Waals surface area contributed by atoms with Crippen LogP contribution in [0.1, 0.15) is 41.7 Å². The van der Waals surface area contributed by atoms with Crippen molar-refractivity contribution >= 4 is 5.91 Å². The molecule has 8 nitrogen and oxygen atoms in total. The number of aliphatic hydroxyl groups excluding tert-OH is 1. The number of carbonyl (C=O) groups excluding carboxylic acids is 1. The molecule has 8 heteroatoms. The first-order valence-corrected chi connectivity index (χ1v) is 9.39. The number of aliphatic hydroxyl groups is 1. The Morgan fingerprint density at radius 3 is 2.59 bits per heavy atom. The molecule has 1 heterocycles. The van der Waals surface area contributed by atoms with Gasteiger partial charge >= 0.3 is 0 Å². The van der Waals surface area contributed by atoms with Crippen LogP contribution >= 0.6 is 0 Å². The van der Waals surface area contributed by atoms with Crippen molar-refractivity contribution in [1.82, 2.24) is 25.5 Å². The maximum absolute atomic E-state index is 12.9. The van der Waals surface area contributed by atoms with E-state index in [0.717, 1.165) is 16.7 Å². The summed E-state index contributed by atoms with van der Waals surface area (Å²) in [6, 6.07) is 13.2. The molecule has 0 spiro atoms.